The fourth-order valence-corrected chi connectivity index (χ4v) is 1.82. The van der Waals surface area contributed by atoms with Gasteiger partial charge in [0, 0.05) is 5.54 Å². The SMILES string of the molecule is CC(CCCC(C)(C)C)CCNC(C)(C)C. The molecule has 0 aliphatic rings. The van der Waals surface area contributed by atoms with Crippen molar-refractivity contribution < 1.29 is 0 Å². The van der Waals surface area contributed by atoms with Crippen LogP contribution in [0.3, 0.4) is 0 Å². The Balaban J connectivity index is 3.49. The quantitative estimate of drug-likeness (QED) is 0.698. The highest BCUT2D eigenvalue weighted by molar-refractivity contribution is 4.71. The Bertz CT molecular complexity index is 151. The molecule has 0 aliphatic carbocycles. The summed E-state index contributed by atoms with van der Waals surface area (Å²) in [5.41, 5.74) is 0.772. The van der Waals surface area contributed by atoms with Gasteiger partial charge in [-0.05, 0) is 51.5 Å². The van der Waals surface area contributed by atoms with Crippen molar-refractivity contribution in [2.24, 2.45) is 11.3 Å². The van der Waals surface area contributed by atoms with Crippen LogP contribution in [0.1, 0.15) is 74.1 Å². The zero-order valence-electron chi connectivity index (χ0n) is 12.6. The maximum atomic E-state index is 3.56. The lowest BCUT2D eigenvalue weighted by atomic mass is 9.87. The first-order valence-electron chi connectivity index (χ1n) is 6.85. The van der Waals surface area contributed by atoms with Crippen LogP contribution in [0.2, 0.25) is 0 Å². The van der Waals surface area contributed by atoms with E-state index in [1.165, 1.54) is 25.7 Å². The van der Waals surface area contributed by atoms with Crippen LogP contribution in [-0.2, 0) is 0 Å². The highest BCUT2D eigenvalue weighted by atomic mass is 14.9. The molecule has 1 N–H and O–H groups in total. The normalized spacial score (nSPS) is 15.2. The molecule has 1 atom stereocenters. The molecule has 0 amide bonds. The highest BCUT2D eigenvalue weighted by Gasteiger charge is 2.12. The van der Waals surface area contributed by atoms with Gasteiger partial charge in [0.1, 0.15) is 0 Å². The first kappa shape index (κ1) is 16.0. The van der Waals surface area contributed by atoms with E-state index in [2.05, 4.69) is 53.8 Å². The number of hydrogen-bond acceptors (Lipinski definition) is 1. The minimum atomic E-state index is 0.269. The molecule has 0 saturated carbocycles. The van der Waals surface area contributed by atoms with Crippen molar-refractivity contribution in [2.75, 3.05) is 6.54 Å². The fourth-order valence-electron chi connectivity index (χ4n) is 1.82. The third kappa shape index (κ3) is 12.0. The van der Waals surface area contributed by atoms with Crippen LogP contribution in [0.15, 0.2) is 0 Å². The van der Waals surface area contributed by atoms with Crippen LogP contribution in [0.5, 0.6) is 0 Å². The lowest BCUT2D eigenvalue weighted by molar-refractivity contribution is 0.330. The Kier molecular flexibility index (Phi) is 6.62. The molecule has 0 rings (SSSR count). The number of hydrogen-bond donors (Lipinski definition) is 1. The highest BCUT2D eigenvalue weighted by Crippen LogP contribution is 2.23. The van der Waals surface area contributed by atoms with Gasteiger partial charge in [0.15, 0.2) is 0 Å². The van der Waals surface area contributed by atoms with Crippen molar-refractivity contribution >= 4 is 0 Å². The van der Waals surface area contributed by atoms with E-state index >= 15 is 0 Å². The molecule has 0 saturated heterocycles. The molecule has 0 heterocycles. The van der Waals surface area contributed by atoms with E-state index in [1.807, 2.05) is 0 Å². The van der Waals surface area contributed by atoms with Crippen molar-refractivity contribution in [1.29, 1.82) is 0 Å². The Hall–Kier alpha value is -0.0400. The van der Waals surface area contributed by atoms with Gasteiger partial charge in [-0.15, -0.1) is 0 Å². The summed E-state index contributed by atoms with van der Waals surface area (Å²) in [7, 11) is 0. The summed E-state index contributed by atoms with van der Waals surface area (Å²) in [5, 5.41) is 3.56. The maximum absolute atomic E-state index is 3.56. The lowest BCUT2D eigenvalue weighted by Gasteiger charge is -2.23. The molecular formula is C15H33N. The summed E-state index contributed by atoms with van der Waals surface area (Å²) in [6, 6.07) is 0. The molecule has 0 aromatic heterocycles. The van der Waals surface area contributed by atoms with Crippen molar-refractivity contribution in [3.8, 4) is 0 Å². The average Bonchev–Trinajstić information content (AvgIpc) is 1.98. The van der Waals surface area contributed by atoms with E-state index < -0.39 is 0 Å². The average molecular weight is 227 g/mol. The van der Waals surface area contributed by atoms with E-state index in [9.17, 15) is 0 Å². The molecule has 0 radical (unpaired) electrons. The monoisotopic (exact) mass is 227 g/mol. The maximum Gasteiger partial charge on any atom is 0.00965 e. The zero-order valence-corrected chi connectivity index (χ0v) is 12.6. The minimum absolute atomic E-state index is 0.269. The van der Waals surface area contributed by atoms with Gasteiger partial charge in [0.05, 0.1) is 0 Å². The van der Waals surface area contributed by atoms with Gasteiger partial charge in [-0.25, -0.2) is 0 Å². The largest absolute Gasteiger partial charge is 0.312 e. The molecule has 0 fully saturated rings. The predicted octanol–water partition coefficient (Wildman–Crippen LogP) is 4.62. The molecule has 1 heteroatoms. The molecule has 0 aromatic rings. The molecule has 16 heavy (non-hydrogen) atoms. The van der Waals surface area contributed by atoms with Gasteiger partial charge in [-0.2, -0.15) is 0 Å². The van der Waals surface area contributed by atoms with Crippen LogP contribution < -0.4 is 5.32 Å². The topological polar surface area (TPSA) is 12.0 Å². The van der Waals surface area contributed by atoms with Crippen LogP contribution in [-0.4, -0.2) is 12.1 Å². The van der Waals surface area contributed by atoms with Crippen molar-refractivity contribution in [1.82, 2.24) is 5.32 Å². The van der Waals surface area contributed by atoms with E-state index in [1.54, 1.807) is 0 Å². The molecule has 1 nitrogen and oxygen atoms in total. The third-order valence-corrected chi connectivity index (χ3v) is 2.92. The van der Waals surface area contributed by atoms with Gasteiger partial charge >= 0.3 is 0 Å². The van der Waals surface area contributed by atoms with Gasteiger partial charge in [0.25, 0.3) is 0 Å². The smallest absolute Gasteiger partial charge is 0.00965 e. The molecule has 0 aromatic carbocycles. The second-order valence-electron chi connectivity index (χ2n) is 7.52. The molecule has 1 unspecified atom stereocenters. The zero-order chi connectivity index (χ0) is 12.8. The van der Waals surface area contributed by atoms with E-state index in [4.69, 9.17) is 0 Å². The van der Waals surface area contributed by atoms with Crippen molar-refractivity contribution in [3.05, 3.63) is 0 Å². The molecule has 0 spiro atoms. The Morgan fingerprint density at radius 3 is 1.94 bits per heavy atom. The van der Waals surface area contributed by atoms with Gasteiger partial charge < -0.3 is 5.32 Å². The summed E-state index contributed by atoms with van der Waals surface area (Å²) in [5.74, 6) is 0.859. The Morgan fingerprint density at radius 1 is 0.938 bits per heavy atom. The van der Waals surface area contributed by atoms with E-state index in [0.29, 0.717) is 5.41 Å². The number of rotatable bonds is 6. The van der Waals surface area contributed by atoms with Crippen molar-refractivity contribution in [2.45, 2.75) is 79.7 Å². The van der Waals surface area contributed by atoms with Gasteiger partial charge in [-0.3, -0.25) is 0 Å². The van der Waals surface area contributed by atoms with E-state index in [-0.39, 0.29) is 5.54 Å². The number of nitrogens with one attached hydrogen (secondary N) is 1. The summed E-state index contributed by atoms with van der Waals surface area (Å²) < 4.78 is 0. The first-order valence-corrected chi connectivity index (χ1v) is 6.85. The summed E-state index contributed by atoms with van der Waals surface area (Å²) in [6.45, 7) is 17.2. The van der Waals surface area contributed by atoms with Gasteiger partial charge in [-0.1, -0.05) is 40.5 Å². The summed E-state index contributed by atoms with van der Waals surface area (Å²) in [4.78, 5) is 0. The summed E-state index contributed by atoms with van der Waals surface area (Å²) >= 11 is 0. The predicted molar refractivity (Wildman–Crippen MR) is 74.8 cm³/mol. The van der Waals surface area contributed by atoms with Crippen LogP contribution >= 0.6 is 0 Å². The fraction of sp³-hybridized carbons (Fsp3) is 1.00. The third-order valence-electron chi connectivity index (χ3n) is 2.92. The van der Waals surface area contributed by atoms with E-state index in [0.717, 1.165) is 12.5 Å². The second kappa shape index (κ2) is 6.64. The van der Waals surface area contributed by atoms with Crippen LogP contribution in [0.4, 0.5) is 0 Å². The summed E-state index contributed by atoms with van der Waals surface area (Å²) in [6.07, 6.45) is 5.41. The van der Waals surface area contributed by atoms with Crippen molar-refractivity contribution in [3.63, 3.8) is 0 Å². The standard InChI is InChI=1S/C15H33N/c1-13(9-8-11-14(2,3)4)10-12-16-15(5,6)7/h13,16H,8-12H2,1-7H3. The molecule has 0 aliphatic heterocycles. The minimum Gasteiger partial charge on any atom is -0.312 e. The van der Waals surface area contributed by atoms with Gasteiger partial charge in [0.2, 0.25) is 0 Å². The Morgan fingerprint density at radius 2 is 1.50 bits per heavy atom. The molecule has 98 valence electrons. The first-order chi connectivity index (χ1) is 7.10. The Labute approximate surface area is 103 Å². The van der Waals surface area contributed by atoms with Crippen LogP contribution in [0.25, 0.3) is 0 Å². The molecule has 0 bridgehead atoms. The lowest BCUT2D eigenvalue weighted by Crippen LogP contribution is -2.36. The molecular weight excluding hydrogens is 194 g/mol. The van der Waals surface area contributed by atoms with Crippen LogP contribution in [0, 0.1) is 11.3 Å². The second-order valence-corrected chi connectivity index (χ2v) is 7.52.